The summed E-state index contributed by atoms with van der Waals surface area (Å²) in [6.45, 7) is 17.6. The molecule has 2 fully saturated rings. The molecule has 3 aromatic rings. The van der Waals surface area contributed by atoms with E-state index >= 15 is 0 Å². The Kier molecular flexibility index (Phi) is 18.9. The summed E-state index contributed by atoms with van der Waals surface area (Å²) in [5.74, 6) is -4.55. The summed E-state index contributed by atoms with van der Waals surface area (Å²) in [5.41, 5.74) is -0.0666. The number of benzene rings is 3. The number of aromatic hydroxyl groups is 1. The van der Waals surface area contributed by atoms with Crippen molar-refractivity contribution in [3.63, 3.8) is 0 Å². The lowest BCUT2D eigenvalue weighted by Gasteiger charge is -2.36. The van der Waals surface area contributed by atoms with Crippen molar-refractivity contribution in [2.45, 2.75) is 142 Å². The van der Waals surface area contributed by atoms with E-state index in [0.717, 1.165) is 11.1 Å². The predicted molar refractivity (Wildman–Crippen MR) is 277 cm³/mol. The van der Waals surface area contributed by atoms with Gasteiger partial charge in [-0.1, -0.05) is 102 Å². The predicted octanol–water partition coefficient (Wildman–Crippen LogP) is 2.82. The van der Waals surface area contributed by atoms with Crippen molar-refractivity contribution in [1.29, 1.82) is 0 Å². The molecule has 0 bridgehead atoms. The van der Waals surface area contributed by atoms with Gasteiger partial charge in [0.05, 0.1) is 24.2 Å². The van der Waals surface area contributed by atoms with Gasteiger partial charge in [-0.15, -0.1) is 0 Å². The summed E-state index contributed by atoms with van der Waals surface area (Å²) in [6.07, 6.45) is 0.0253. The number of amides is 8. The third-order valence-corrected chi connectivity index (χ3v) is 13.7. The van der Waals surface area contributed by atoms with Crippen molar-refractivity contribution in [3.8, 4) is 5.75 Å². The first-order chi connectivity index (χ1) is 34.2. The Hall–Kier alpha value is -6.86. The van der Waals surface area contributed by atoms with Crippen LogP contribution in [0, 0.1) is 10.8 Å². The molecule has 396 valence electrons. The number of hydrogen-bond donors (Lipinski definition) is 9. The topological polar surface area (TPSA) is 260 Å². The Balaban J connectivity index is 1.37. The van der Waals surface area contributed by atoms with E-state index < -0.39 is 124 Å². The zero-order valence-electron chi connectivity index (χ0n) is 44.2. The highest BCUT2D eigenvalue weighted by Crippen LogP contribution is 2.30. The smallest absolute Gasteiger partial charge is 0.251 e. The van der Waals surface area contributed by atoms with E-state index in [1.807, 2.05) is 74.5 Å². The molecular formula is C54H76N10O9. The molecule has 0 aromatic heterocycles. The van der Waals surface area contributed by atoms with Crippen LogP contribution in [-0.4, -0.2) is 138 Å². The summed E-state index contributed by atoms with van der Waals surface area (Å²) < 4.78 is 0. The third kappa shape index (κ3) is 14.7. The molecule has 19 heteroatoms. The Morgan fingerprint density at radius 3 is 1.19 bits per heavy atom. The van der Waals surface area contributed by atoms with Crippen LogP contribution in [0.2, 0.25) is 0 Å². The van der Waals surface area contributed by atoms with E-state index in [-0.39, 0.29) is 37.1 Å². The number of nitrogens with one attached hydrogen (secondary N) is 8. The van der Waals surface area contributed by atoms with Crippen LogP contribution in [0.1, 0.15) is 126 Å². The summed E-state index contributed by atoms with van der Waals surface area (Å²) in [5, 5.41) is 34.2. The van der Waals surface area contributed by atoms with Crippen LogP contribution in [0.25, 0.3) is 0 Å². The molecule has 10 atom stereocenters. The van der Waals surface area contributed by atoms with E-state index in [4.69, 9.17) is 0 Å². The number of phenols is 1. The molecule has 9 N–H and O–H groups in total. The van der Waals surface area contributed by atoms with Gasteiger partial charge in [-0.25, -0.2) is 0 Å². The summed E-state index contributed by atoms with van der Waals surface area (Å²) in [7, 11) is 3.25. The Bertz CT molecular complexity index is 2310. The maximum atomic E-state index is 14.6. The molecule has 0 spiro atoms. The summed E-state index contributed by atoms with van der Waals surface area (Å²) in [6, 6.07) is 14.5. The first-order valence-electron chi connectivity index (χ1n) is 25.0. The van der Waals surface area contributed by atoms with Crippen LogP contribution in [0.5, 0.6) is 5.75 Å². The second-order valence-electron chi connectivity index (χ2n) is 21.5. The van der Waals surface area contributed by atoms with Gasteiger partial charge in [-0.2, -0.15) is 0 Å². The second kappa shape index (κ2) is 24.2. The monoisotopic (exact) mass is 1010 g/mol. The molecule has 0 aliphatic carbocycles. The van der Waals surface area contributed by atoms with Crippen molar-refractivity contribution in [1.82, 2.24) is 52.3 Å². The van der Waals surface area contributed by atoms with Crippen molar-refractivity contribution in [2.75, 3.05) is 27.2 Å². The fourth-order valence-electron chi connectivity index (χ4n) is 8.97. The van der Waals surface area contributed by atoms with Gasteiger partial charge in [0.1, 0.15) is 29.9 Å². The van der Waals surface area contributed by atoms with Gasteiger partial charge >= 0.3 is 0 Å². The average molecular weight is 1010 g/mol. The maximum Gasteiger partial charge on any atom is 0.251 e. The SMILES string of the molecule is CN[C@@H](C)C(=O)N[C@H](C(=O)N1C[C@@H](NC(=O)c2cc(O)cc(C(=O)N[C@H]3C[C@@H](C(=O)N[C@H](C)c4ccccc4)N(C(=O)[C@@H](NC(=O)[C@H](C)NC)C(C)(C)C)C3)c2)C[C@H]1C(=O)NC(C)c1ccccc1)C(C)(C)C. The van der Waals surface area contributed by atoms with Gasteiger partial charge in [0.25, 0.3) is 11.8 Å². The van der Waals surface area contributed by atoms with Gasteiger partial charge in [0.2, 0.25) is 35.4 Å². The van der Waals surface area contributed by atoms with Crippen LogP contribution in [-0.2, 0) is 28.8 Å². The van der Waals surface area contributed by atoms with Gasteiger partial charge in [0.15, 0.2) is 0 Å². The number of rotatable bonds is 18. The minimum Gasteiger partial charge on any atom is -0.508 e. The molecule has 2 saturated heterocycles. The zero-order valence-corrected chi connectivity index (χ0v) is 44.2. The van der Waals surface area contributed by atoms with Crippen molar-refractivity contribution in [2.24, 2.45) is 10.8 Å². The van der Waals surface area contributed by atoms with Crippen LogP contribution >= 0.6 is 0 Å². The minimum atomic E-state index is -1.05. The third-order valence-electron chi connectivity index (χ3n) is 13.7. The molecule has 3 aromatic carbocycles. The summed E-state index contributed by atoms with van der Waals surface area (Å²) >= 11 is 0. The number of carbonyl (C=O) groups is 8. The van der Waals surface area contributed by atoms with E-state index in [1.54, 1.807) is 69.5 Å². The lowest BCUT2D eigenvalue weighted by molar-refractivity contribution is -0.144. The van der Waals surface area contributed by atoms with E-state index in [0.29, 0.717) is 0 Å². The number of nitrogens with zero attached hydrogens (tertiary/aromatic N) is 2. The zero-order chi connectivity index (χ0) is 54.1. The van der Waals surface area contributed by atoms with E-state index in [2.05, 4.69) is 42.5 Å². The van der Waals surface area contributed by atoms with Gasteiger partial charge in [0, 0.05) is 36.3 Å². The van der Waals surface area contributed by atoms with Crippen LogP contribution in [0.3, 0.4) is 0 Å². The molecule has 73 heavy (non-hydrogen) atoms. The normalized spacial score (nSPS) is 20.3. The van der Waals surface area contributed by atoms with Crippen LogP contribution in [0.15, 0.2) is 78.9 Å². The molecule has 2 aliphatic rings. The minimum absolute atomic E-state index is 0.0126. The first-order valence-corrected chi connectivity index (χ1v) is 25.0. The number of hydrogen-bond acceptors (Lipinski definition) is 11. The molecular weight excluding hydrogens is 933 g/mol. The second-order valence-corrected chi connectivity index (χ2v) is 21.5. The lowest BCUT2D eigenvalue weighted by Crippen LogP contribution is -2.59. The average Bonchev–Trinajstić information content (AvgIpc) is 3.98. The Morgan fingerprint density at radius 1 is 0.534 bits per heavy atom. The molecule has 0 saturated carbocycles. The number of phenolic OH excluding ortho intramolecular Hbond substituents is 1. The Labute approximate surface area is 429 Å². The van der Waals surface area contributed by atoms with Crippen LogP contribution in [0.4, 0.5) is 0 Å². The fourth-order valence-corrected chi connectivity index (χ4v) is 8.97. The molecule has 0 radical (unpaired) electrons. The molecule has 8 amide bonds. The molecule has 5 rings (SSSR count). The van der Waals surface area contributed by atoms with Crippen molar-refractivity contribution < 1.29 is 43.5 Å². The lowest BCUT2D eigenvalue weighted by atomic mass is 9.85. The summed E-state index contributed by atoms with van der Waals surface area (Å²) in [4.78, 5) is 115. The number of likely N-dealkylation sites (tertiary alicyclic amines) is 2. The quantitative estimate of drug-likeness (QED) is 0.0896. The molecule has 1 unspecified atom stereocenters. The number of carbonyl (C=O) groups excluding carboxylic acids is 8. The molecule has 2 aliphatic heterocycles. The number of likely N-dealkylation sites (N-methyl/N-ethyl adjacent to an activating group) is 2. The van der Waals surface area contributed by atoms with Crippen molar-refractivity contribution in [3.05, 3.63) is 101 Å². The van der Waals surface area contributed by atoms with E-state index in [9.17, 15) is 43.5 Å². The highest BCUT2D eigenvalue weighted by molar-refractivity contribution is 6.01. The maximum absolute atomic E-state index is 14.6. The Morgan fingerprint density at radius 2 is 0.877 bits per heavy atom. The highest BCUT2D eigenvalue weighted by atomic mass is 16.3. The van der Waals surface area contributed by atoms with Gasteiger partial charge in [-0.05, 0) is 94.8 Å². The molecule has 2 heterocycles. The van der Waals surface area contributed by atoms with Crippen molar-refractivity contribution >= 4 is 47.3 Å². The fraction of sp³-hybridized carbons (Fsp3) is 0.519. The first kappa shape index (κ1) is 57.0. The van der Waals surface area contributed by atoms with Crippen LogP contribution < -0.4 is 42.5 Å². The van der Waals surface area contributed by atoms with Gasteiger partial charge < -0.3 is 57.4 Å². The van der Waals surface area contributed by atoms with Gasteiger partial charge in [-0.3, -0.25) is 38.4 Å². The van der Waals surface area contributed by atoms with E-state index in [1.165, 1.54) is 28.0 Å². The standard InChI is InChI=1S/C54H76N10O9/c1-30(34-19-15-13-16-20-34)57-49(70)41-26-38(28-63(41)51(72)43(53(5,6)7)61-45(66)32(3)55-11)59-47(68)36-23-37(25-40(65)24-36)48(69)60-39-27-42(50(71)58-31(2)35-21-17-14-18-22-35)64(29-39)52(73)44(54(8,9)10)62-46(67)33(4)56-12/h13-25,30-33,38-39,41-44,55-56,65H,26-29H2,1-12H3,(H,57,70)(H,58,71)(H,59,68)(H,60,69)(H,61,66)(H,62,67)/t30-,31?,32+,33+,38+,39+,41+,42+,43-,44-/m1/s1. The highest BCUT2D eigenvalue weighted by Gasteiger charge is 2.47. The largest absolute Gasteiger partial charge is 0.508 e. The molecule has 19 nitrogen and oxygen atoms in total.